The molecule has 3 aliphatic rings. The lowest BCUT2D eigenvalue weighted by molar-refractivity contribution is -0.147. The molecule has 3 fully saturated rings. The second kappa shape index (κ2) is 13.1. The molecule has 1 saturated carbocycles. The SMILES string of the molecule is CC(=O)NC[C@@H]1CC(N(C(=O)C(C)(C)C)C2CCC(C)(C)CC2)CN1C(=O)[C@@H]1CN(C(C)(C)C)C[C@H]1c1ccc(Cl)cc1Cl. The van der Waals surface area contributed by atoms with Gasteiger partial charge in [-0.25, -0.2) is 0 Å². The molecule has 0 spiro atoms. The van der Waals surface area contributed by atoms with E-state index in [1.54, 1.807) is 6.07 Å². The number of halogens is 2. The minimum absolute atomic E-state index is 0.0681. The number of hydrogen-bond acceptors (Lipinski definition) is 4. The number of nitrogens with zero attached hydrogens (tertiary/aromatic N) is 3. The van der Waals surface area contributed by atoms with E-state index in [0.29, 0.717) is 42.6 Å². The predicted octanol–water partition coefficient (Wildman–Crippen LogP) is 6.76. The minimum atomic E-state index is -0.535. The van der Waals surface area contributed by atoms with Crippen LogP contribution in [0.2, 0.25) is 10.0 Å². The standard InChI is InChI=1S/C35H54Cl2N4O3/c1-22(42)38-18-25-17-26(41(32(44)33(2,3)4)24-12-14-35(8,9)15-13-24)19-40(25)31(43)29-21-39(34(5,6)7)20-28(29)27-11-10-23(36)16-30(27)37/h10-11,16,24-26,28-29H,12-15,17-21H2,1-9H3,(H,38,42)/t25-,26?,28-,29+/m0/s1. The maximum atomic E-state index is 14.7. The Bertz CT molecular complexity index is 1230. The van der Waals surface area contributed by atoms with E-state index in [2.05, 4.69) is 49.7 Å². The number of nitrogens with one attached hydrogen (secondary N) is 1. The molecule has 1 N–H and O–H groups in total. The van der Waals surface area contributed by atoms with E-state index >= 15 is 0 Å². The van der Waals surface area contributed by atoms with Gasteiger partial charge in [-0.2, -0.15) is 0 Å². The summed E-state index contributed by atoms with van der Waals surface area (Å²) in [7, 11) is 0. The smallest absolute Gasteiger partial charge is 0.228 e. The van der Waals surface area contributed by atoms with Crippen molar-refractivity contribution >= 4 is 40.9 Å². The highest BCUT2D eigenvalue weighted by Crippen LogP contribution is 2.43. The van der Waals surface area contributed by atoms with Gasteiger partial charge in [-0.05, 0) is 76.0 Å². The van der Waals surface area contributed by atoms with Crippen LogP contribution >= 0.6 is 23.2 Å². The topological polar surface area (TPSA) is 73.0 Å². The lowest BCUT2D eigenvalue weighted by atomic mass is 9.74. The maximum absolute atomic E-state index is 14.7. The third-order valence-electron chi connectivity index (χ3n) is 10.2. The molecule has 0 bridgehead atoms. The highest BCUT2D eigenvalue weighted by molar-refractivity contribution is 6.35. The number of likely N-dealkylation sites (tertiary alicyclic amines) is 2. The van der Waals surface area contributed by atoms with Crippen LogP contribution in [-0.4, -0.2) is 82.3 Å². The molecule has 1 aromatic rings. The summed E-state index contributed by atoms with van der Waals surface area (Å²) in [4.78, 5) is 47.4. The van der Waals surface area contributed by atoms with Crippen LogP contribution in [0.4, 0.5) is 0 Å². The zero-order chi connectivity index (χ0) is 32.8. The van der Waals surface area contributed by atoms with Gasteiger partial charge in [0.05, 0.1) is 18.0 Å². The quantitative estimate of drug-likeness (QED) is 0.370. The zero-order valence-corrected chi connectivity index (χ0v) is 29.8. The van der Waals surface area contributed by atoms with Gasteiger partial charge >= 0.3 is 0 Å². The van der Waals surface area contributed by atoms with E-state index in [9.17, 15) is 14.4 Å². The van der Waals surface area contributed by atoms with Gasteiger partial charge in [-0.15, -0.1) is 0 Å². The fraction of sp³-hybridized carbons (Fsp3) is 0.743. The number of carbonyl (C=O) groups is 3. The molecular weight excluding hydrogens is 595 g/mol. The normalized spacial score (nSPS) is 26.6. The Morgan fingerprint density at radius 3 is 2.16 bits per heavy atom. The maximum Gasteiger partial charge on any atom is 0.228 e. The van der Waals surface area contributed by atoms with Gasteiger partial charge in [0.25, 0.3) is 0 Å². The number of hydrogen-bond donors (Lipinski definition) is 1. The first-order chi connectivity index (χ1) is 20.3. The second-order valence-corrected chi connectivity index (χ2v) is 17.1. The van der Waals surface area contributed by atoms with Gasteiger partial charge in [-0.1, -0.05) is 63.9 Å². The Morgan fingerprint density at radius 2 is 1.61 bits per heavy atom. The molecule has 3 amide bonds. The fourth-order valence-electron chi connectivity index (χ4n) is 7.43. The largest absolute Gasteiger partial charge is 0.354 e. The lowest BCUT2D eigenvalue weighted by Crippen LogP contribution is -2.54. The van der Waals surface area contributed by atoms with Gasteiger partial charge < -0.3 is 15.1 Å². The van der Waals surface area contributed by atoms with Crippen LogP contribution in [0.1, 0.15) is 106 Å². The average Bonchev–Trinajstić information content (AvgIpc) is 3.53. The molecule has 1 aliphatic carbocycles. The minimum Gasteiger partial charge on any atom is -0.354 e. The van der Waals surface area contributed by atoms with Crippen molar-refractivity contribution < 1.29 is 14.4 Å². The van der Waals surface area contributed by atoms with Crippen LogP contribution < -0.4 is 5.32 Å². The van der Waals surface area contributed by atoms with Crippen molar-refractivity contribution in [2.75, 3.05) is 26.2 Å². The predicted molar refractivity (Wildman–Crippen MR) is 179 cm³/mol. The Labute approximate surface area is 275 Å². The summed E-state index contributed by atoms with van der Waals surface area (Å²) < 4.78 is 0. The highest BCUT2D eigenvalue weighted by atomic mass is 35.5. The molecule has 4 atom stereocenters. The van der Waals surface area contributed by atoms with Crippen molar-refractivity contribution in [2.24, 2.45) is 16.7 Å². The van der Waals surface area contributed by atoms with Crippen molar-refractivity contribution in [3.05, 3.63) is 33.8 Å². The number of amides is 3. The van der Waals surface area contributed by atoms with E-state index in [1.807, 2.05) is 37.8 Å². The average molecular weight is 650 g/mol. The Hall–Kier alpha value is -1.83. The third kappa shape index (κ3) is 7.93. The summed E-state index contributed by atoms with van der Waals surface area (Å²) in [6, 6.07) is 5.41. The Morgan fingerprint density at radius 1 is 0.977 bits per heavy atom. The van der Waals surface area contributed by atoms with Gasteiger partial charge in [0, 0.05) is 66.1 Å². The van der Waals surface area contributed by atoms with Gasteiger partial charge in [0.1, 0.15) is 0 Å². The molecule has 2 aliphatic heterocycles. The van der Waals surface area contributed by atoms with Crippen LogP contribution in [0.5, 0.6) is 0 Å². The Balaban J connectivity index is 1.68. The molecule has 2 heterocycles. The van der Waals surface area contributed by atoms with Crippen molar-refractivity contribution in [3.63, 3.8) is 0 Å². The summed E-state index contributed by atoms with van der Waals surface area (Å²) in [5.41, 5.74) is 0.551. The van der Waals surface area contributed by atoms with Gasteiger partial charge in [0.2, 0.25) is 17.7 Å². The summed E-state index contributed by atoms with van der Waals surface area (Å²) in [5.74, 6) is -0.318. The molecule has 44 heavy (non-hydrogen) atoms. The van der Waals surface area contributed by atoms with Gasteiger partial charge in [0.15, 0.2) is 0 Å². The first-order valence-corrected chi connectivity index (χ1v) is 17.1. The first kappa shape index (κ1) is 35.0. The van der Waals surface area contributed by atoms with Crippen LogP contribution in [-0.2, 0) is 14.4 Å². The molecule has 4 rings (SSSR count). The van der Waals surface area contributed by atoms with Crippen LogP contribution in [0.15, 0.2) is 18.2 Å². The summed E-state index contributed by atoms with van der Waals surface area (Å²) in [5, 5.41) is 4.13. The number of carbonyl (C=O) groups excluding carboxylic acids is 3. The van der Waals surface area contributed by atoms with E-state index < -0.39 is 5.41 Å². The van der Waals surface area contributed by atoms with E-state index in [4.69, 9.17) is 23.2 Å². The summed E-state index contributed by atoms with van der Waals surface area (Å²) >= 11 is 13.0. The second-order valence-electron chi connectivity index (χ2n) is 16.3. The fourth-order valence-corrected chi connectivity index (χ4v) is 7.98. The van der Waals surface area contributed by atoms with E-state index in [1.165, 1.54) is 6.92 Å². The molecule has 1 aromatic carbocycles. The highest BCUT2D eigenvalue weighted by Gasteiger charge is 2.49. The molecule has 246 valence electrons. The summed E-state index contributed by atoms with van der Waals surface area (Å²) in [6.07, 6.45) is 4.73. The van der Waals surface area contributed by atoms with Gasteiger partial charge in [-0.3, -0.25) is 19.3 Å². The zero-order valence-electron chi connectivity index (χ0n) is 28.3. The van der Waals surface area contributed by atoms with Crippen LogP contribution in [0, 0.1) is 16.7 Å². The monoisotopic (exact) mass is 648 g/mol. The van der Waals surface area contributed by atoms with Crippen molar-refractivity contribution in [3.8, 4) is 0 Å². The molecular formula is C35H54Cl2N4O3. The van der Waals surface area contributed by atoms with Crippen molar-refractivity contribution in [1.82, 2.24) is 20.0 Å². The molecule has 0 radical (unpaired) electrons. The van der Waals surface area contributed by atoms with E-state index in [-0.39, 0.29) is 58.6 Å². The lowest BCUT2D eigenvalue weighted by Gasteiger charge is -2.45. The number of benzene rings is 1. The van der Waals surface area contributed by atoms with Crippen molar-refractivity contribution in [2.45, 2.75) is 124 Å². The Kier molecular flexibility index (Phi) is 10.4. The van der Waals surface area contributed by atoms with Crippen molar-refractivity contribution in [1.29, 1.82) is 0 Å². The molecule has 0 aromatic heterocycles. The van der Waals surface area contributed by atoms with Crippen LogP contribution in [0.25, 0.3) is 0 Å². The molecule has 1 unspecified atom stereocenters. The first-order valence-electron chi connectivity index (χ1n) is 16.4. The number of rotatable bonds is 6. The van der Waals surface area contributed by atoms with E-state index in [0.717, 1.165) is 31.2 Å². The van der Waals surface area contributed by atoms with Crippen LogP contribution in [0.3, 0.4) is 0 Å². The molecule has 9 heteroatoms. The summed E-state index contributed by atoms with van der Waals surface area (Å²) in [6.45, 7) is 20.8. The third-order valence-corrected chi connectivity index (χ3v) is 10.7. The molecule has 7 nitrogen and oxygen atoms in total. The molecule has 2 saturated heterocycles.